The number of hydrogen-bond acceptors (Lipinski definition) is 0. The van der Waals surface area contributed by atoms with Gasteiger partial charge in [-0.15, -0.1) is 24.8 Å². The molecule has 0 nitrogen and oxygen atoms in total. The van der Waals surface area contributed by atoms with Gasteiger partial charge in [0.25, 0.3) is 0 Å². The van der Waals surface area contributed by atoms with Crippen molar-refractivity contribution in [2.24, 2.45) is 10.8 Å². The fraction of sp³-hybridized carbons (Fsp3) is 0.714. The van der Waals surface area contributed by atoms with Gasteiger partial charge in [0.15, 0.2) is 0 Å². The molecule has 0 aliphatic heterocycles. The van der Waals surface area contributed by atoms with Gasteiger partial charge in [-0.3, -0.25) is 0 Å². The third kappa shape index (κ3) is 4.83. The number of hydrogen-bond donors (Lipinski definition) is 0. The minimum absolute atomic E-state index is 0. The molecule has 32 heavy (non-hydrogen) atoms. The SMILES string of the molecule is CC(C)(C)C1=CC2=C(CCCC2)[CH]1[Zr]([CH3])([CH3])(=[SiH2])[CH]1C(C(C)(C)C)=CC2=C1CCCC2.Cl.Cl. The molecule has 0 bridgehead atoms. The van der Waals surface area contributed by atoms with Crippen LogP contribution in [0, 0.1) is 10.8 Å². The molecule has 4 heteroatoms. The van der Waals surface area contributed by atoms with E-state index in [0.717, 1.165) is 7.25 Å². The van der Waals surface area contributed by atoms with Crippen LogP contribution >= 0.6 is 24.8 Å². The zero-order valence-electron chi connectivity index (χ0n) is 22.0. The van der Waals surface area contributed by atoms with Gasteiger partial charge in [-0.25, -0.2) is 0 Å². The summed E-state index contributed by atoms with van der Waals surface area (Å²) in [7, 11) is 0. The predicted octanol–water partition coefficient (Wildman–Crippen LogP) is 9.45. The summed E-state index contributed by atoms with van der Waals surface area (Å²) in [4.78, 5) is 0. The Kier molecular flexibility index (Phi) is 8.35. The van der Waals surface area contributed by atoms with Gasteiger partial charge in [-0.2, -0.15) is 0 Å². The van der Waals surface area contributed by atoms with Gasteiger partial charge < -0.3 is 0 Å². The number of rotatable bonds is 2. The summed E-state index contributed by atoms with van der Waals surface area (Å²) >= 11 is -3.29. The Morgan fingerprint density at radius 3 is 1.28 bits per heavy atom. The number of allylic oxidation sites excluding steroid dienone is 8. The van der Waals surface area contributed by atoms with E-state index in [1.165, 1.54) is 51.4 Å². The molecule has 2 atom stereocenters. The van der Waals surface area contributed by atoms with Gasteiger partial charge in [0, 0.05) is 0 Å². The van der Waals surface area contributed by atoms with Crippen LogP contribution in [-0.2, 0) is 17.4 Å². The monoisotopic (exact) mass is 572 g/mol. The van der Waals surface area contributed by atoms with Crippen molar-refractivity contribution >= 4 is 31.7 Å². The maximum atomic E-state index is 2.86. The van der Waals surface area contributed by atoms with Crippen molar-refractivity contribution in [1.82, 2.24) is 0 Å². The summed E-state index contributed by atoms with van der Waals surface area (Å²) in [5.41, 5.74) is 11.5. The van der Waals surface area contributed by atoms with Crippen LogP contribution in [0.3, 0.4) is 0 Å². The molecule has 0 saturated heterocycles. The van der Waals surface area contributed by atoms with Crippen molar-refractivity contribution in [3.05, 3.63) is 45.6 Å². The first-order valence-corrected chi connectivity index (χ1v) is 26.3. The Labute approximate surface area is 213 Å². The van der Waals surface area contributed by atoms with Gasteiger partial charge in [-0.05, 0) is 0 Å². The van der Waals surface area contributed by atoms with Crippen LogP contribution in [0.4, 0.5) is 0 Å². The Morgan fingerprint density at radius 2 is 0.969 bits per heavy atom. The van der Waals surface area contributed by atoms with E-state index < -0.39 is 17.4 Å². The zero-order chi connectivity index (χ0) is 22.1. The van der Waals surface area contributed by atoms with Crippen molar-refractivity contribution in [3.63, 3.8) is 0 Å². The molecular formula is C28H48Cl2SiZr. The van der Waals surface area contributed by atoms with Gasteiger partial charge in [0.2, 0.25) is 0 Å². The summed E-state index contributed by atoms with van der Waals surface area (Å²) in [5.74, 6) is 0. The van der Waals surface area contributed by atoms with E-state index in [2.05, 4.69) is 69.8 Å². The molecule has 182 valence electrons. The molecule has 0 N–H and O–H groups in total. The van der Waals surface area contributed by atoms with Gasteiger partial charge in [0.05, 0.1) is 0 Å². The number of halogens is 2. The first-order valence-electron chi connectivity index (χ1n) is 12.7. The van der Waals surface area contributed by atoms with E-state index in [0.29, 0.717) is 0 Å². The third-order valence-electron chi connectivity index (χ3n) is 8.72. The second-order valence-electron chi connectivity index (χ2n) is 14.0. The standard InChI is InChI=1S/2C13H19.2CH3.2ClH.H2Si.Zr/c2*1-13(2,3)12-8-10-6-4-5-7-11(10)9-12;;;;;;/h2*8-9H,4-7H2,1-3H3;2*1H3;2*1H;1H2;. The Bertz CT molecular complexity index is 884. The van der Waals surface area contributed by atoms with E-state index in [1.54, 1.807) is 22.3 Å². The molecule has 4 aliphatic rings. The zero-order valence-corrected chi connectivity index (χ0v) is 27.5. The normalized spacial score (nSPS) is 26.7. The van der Waals surface area contributed by atoms with Crippen LogP contribution in [0.1, 0.15) is 92.9 Å². The van der Waals surface area contributed by atoms with Crippen LogP contribution < -0.4 is 0 Å². The molecule has 0 aromatic rings. The first kappa shape index (κ1) is 28.9. The minimum atomic E-state index is -3.29. The first-order chi connectivity index (χ1) is 13.7. The van der Waals surface area contributed by atoms with Crippen LogP contribution in [0.25, 0.3) is 0 Å². The Balaban J connectivity index is 0.00000181. The summed E-state index contributed by atoms with van der Waals surface area (Å²) in [6.07, 6.45) is 16.4. The van der Waals surface area contributed by atoms with Crippen LogP contribution in [0.15, 0.2) is 45.6 Å². The second-order valence-corrected chi connectivity index (χ2v) is 44.5. The van der Waals surface area contributed by atoms with Crippen LogP contribution in [0.5, 0.6) is 0 Å². The maximum Gasteiger partial charge on any atom is -0.147 e. The molecule has 0 spiro atoms. The average molecular weight is 575 g/mol. The Hall–Kier alpha value is 0.640. The second kappa shape index (κ2) is 9.26. The molecule has 0 saturated carbocycles. The molecule has 2 unspecified atom stereocenters. The molecule has 4 rings (SSSR count). The van der Waals surface area contributed by atoms with Gasteiger partial charge >= 0.3 is 190 Å². The van der Waals surface area contributed by atoms with Crippen molar-refractivity contribution in [2.75, 3.05) is 0 Å². The van der Waals surface area contributed by atoms with E-state index in [1.807, 2.05) is 11.1 Å². The van der Waals surface area contributed by atoms with E-state index in [-0.39, 0.29) is 35.6 Å². The van der Waals surface area contributed by atoms with Crippen LogP contribution in [0.2, 0.25) is 16.5 Å². The van der Waals surface area contributed by atoms with E-state index in [4.69, 9.17) is 0 Å². The predicted molar refractivity (Wildman–Crippen MR) is 148 cm³/mol. The summed E-state index contributed by atoms with van der Waals surface area (Å²) in [6, 6.07) is 0. The largest absolute Gasteiger partial charge is 0.147 e. The average Bonchev–Trinajstić information content (AvgIpc) is 3.21. The van der Waals surface area contributed by atoms with Gasteiger partial charge in [0.1, 0.15) is 0 Å². The summed E-state index contributed by atoms with van der Waals surface area (Å²) in [5, 5.41) is 0. The molecule has 0 fully saturated rings. The van der Waals surface area contributed by atoms with E-state index >= 15 is 0 Å². The quantitative estimate of drug-likeness (QED) is 0.288. The van der Waals surface area contributed by atoms with Gasteiger partial charge in [-0.1, -0.05) is 0 Å². The fourth-order valence-electron chi connectivity index (χ4n) is 7.44. The minimum Gasteiger partial charge on any atom is -0.147 e. The summed E-state index contributed by atoms with van der Waals surface area (Å²) in [6.45, 7) is 17.5. The molecule has 0 aromatic heterocycles. The van der Waals surface area contributed by atoms with Crippen molar-refractivity contribution < 1.29 is 17.4 Å². The molecule has 0 heterocycles. The molecule has 4 aliphatic carbocycles. The third-order valence-corrected chi connectivity index (χ3v) is 26.1. The van der Waals surface area contributed by atoms with Crippen LogP contribution in [-0.4, -0.2) is 6.88 Å². The van der Waals surface area contributed by atoms with Crippen molar-refractivity contribution in [1.29, 1.82) is 0 Å². The molecular weight excluding hydrogens is 527 g/mol. The van der Waals surface area contributed by atoms with Crippen molar-refractivity contribution in [2.45, 2.75) is 109 Å². The summed E-state index contributed by atoms with van der Waals surface area (Å²) < 4.78 is 7.29. The fourth-order valence-corrected chi connectivity index (χ4v) is 28.6. The van der Waals surface area contributed by atoms with Crippen molar-refractivity contribution in [3.8, 4) is 0 Å². The molecule has 0 amide bonds. The molecule has 0 radical (unpaired) electrons. The smallest absolute Gasteiger partial charge is 0.147 e. The van der Waals surface area contributed by atoms with E-state index in [9.17, 15) is 0 Å². The topological polar surface area (TPSA) is 0 Å². The Morgan fingerprint density at radius 1 is 0.656 bits per heavy atom. The molecule has 0 aromatic carbocycles. The maximum absolute atomic E-state index is 3.29.